The van der Waals surface area contributed by atoms with Crippen molar-refractivity contribution in [3.8, 4) is 5.75 Å². The maximum Gasteiger partial charge on any atom is 0.270 e. The second-order valence-electron chi connectivity index (χ2n) is 9.80. The van der Waals surface area contributed by atoms with E-state index >= 15 is 0 Å². The number of hydrogen-bond acceptors (Lipinski definition) is 5. The van der Waals surface area contributed by atoms with Crippen LogP contribution in [0.2, 0.25) is 0 Å². The number of amides is 2. The summed E-state index contributed by atoms with van der Waals surface area (Å²) in [7, 11) is 0. The third kappa shape index (κ3) is 6.10. The molecule has 0 aliphatic carbocycles. The zero-order valence-corrected chi connectivity index (χ0v) is 21.9. The van der Waals surface area contributed by atoms with E-state index in [9.17, 15) is 14.0 Å². The van der Waals surface area contributed by atoms with Crippen molar-refractivity contribution in [2.24, 2.45) is 5.92 Å². The number of aromatic nitrogens is 1. The Labute approximate surface area is 215 Å². The summed E-state index contributed by atoms with van der Waals surface area (Å²) in [4.78, 5) is 31.6. The highest BCUT2D eigenvalue weighted by atomic mass is 32.1. The van der Waals surface area contributed by atoms with Crippen LogP contribution >= 0.6 is 11.3 Å². The standard InChI is InChI=1S/C28H32FN3O3S/c1-17(2)12-26(33)32-11-10-19-8-9-22(14-23(19)27(32)20-6-5-7-21(29)13-20)35-15-25-31-24(16-36-25)28(34)30-18(3)4/h5-9,13-14,16-18,27H,10-12,15H2,1-4H3,(H,30,34). The first-order valence-corrected chi connectivity index (χ1v) is 13.1. The Bertz CT molecular complexity index is 1240. The number of rotatable bonds is 8. The smallest absolute Gasteiger partial charge is 0.270 e. The van der Waals surface area contributed by atoms with E-state index in [0.717, 1.165) is 23.1 Å². The first kappa shape index (κ1) is 25.8. The molecular weight excluding hydrogens is 477 g/mol. The van der Waals surface area contributed by atoms with E-state index in [2.05, 4.69) is 10.3 Å². The minimum atomic E-state index is -0.384. The lowest BCUT2D eigenvalue weighted by Gasteiger charge is -2.38. The maximum atomic E-state index is 14.2. The number of ether oxygens (including phenoxy) is 1. The predicted octanol–water partition coefficient (Wildman–Crippen LogP) is 5.52. The van der Waals surface area contributed by atoms with Gasteiger partial charge < -0.3 is 15.0 Å². The Morgan fingerprint density at radius 2 is 2.00 bits per heavy atom. The van der Waals surface area contributed by atoms with Crippen molar-refractivity contribution in [3.63, 3.8) is 0 Å². The van der Waals surface area contributed by atoms with Crippen LogP contribution in [0.5, 0.6) is 5.75 Å². The number of hydrogen-bond donors (Lipinski definition) is 1. The molecule has 2 aromatic carbocycles. The van der Waals surface area contributed by atoms with Gasteiger partial charge in [-0.25, -0.2) is 9.37 Å². The molecule has 1 aromatic heterocycles. The molecule has 0 bridgehead atoms. The van der Waals surface area contributed by atoms with Crippen molar-refractivity contribution in [1.82, 2.24) is 15.2 Å². The second-order valence-corrected chi connectivity index (χ2v) is 10.7. The fraction of sp³-hybridized carbons (Fsp3) is 0.393. The van der Waals surface area contributed by atoms with Gasteiger partial charge in [0.25, 0.3) is 5.91 Å². The van der Waals surface area contributed by atoms with Crippen molar-refractivity contribution in [2.45, 2.75) is 59.2 Å². The van der Waals surface area contributed by atoms with Crippen LogP contribution in [0.1, 0.15) is 72.3 Å². The number of fused-ring (bicyclic) bond motifs is 1. The van der Waals surface area contributed by atoms with Crippen LogP contribution in [0.15, 0.2) is 47.8 Å². The average Bonchev–Trinajstić information content (AvgIpc) is 3.30. The van der Waals surface area contributed by atoms with Crippen LogP contribution in [0.3, 0.4) is 0 Å². The van der Waals surface area contributed by atoms with E-state index in [1.807, 2.05) is 56.9 Å². The van der Waals surface area contributed by atoms with Gasteiger partial charge in [0.05, 0.1) is 6.04 Å². The summed E-state index contributed by atoms with van der Waals surface area (Å²) in [6.45, 7) is 8.65. The summed E-state index contributed by atoms with van der Waals surface area (Å²) in [5.41, 5.74) is 3.18. The number of nitrogens with one attached hydrogen (secondary N) is 1. The van der Waals surface area contributed by atoms with Gasteiger partial charge in [-0.2, -0.15) is 0 Å². The average molecular weight is 510 g/mol. The van der Waals surface area contributed by atoms with Gasteiger partial charge in [-0.1, -0.05) is 32.0 Å². The Kier molecular flexibility index (Phi) is 8.04. The van der Waals surface area contributed by atoms with Gasteiger partial charge in [0.2, 0.25) is 5.91 Å². The van der Waals surface area contributed by atoms with Crippen LogP contribution in [-0.2, 0) is 17.8 Å². The topological polar surface area (TPSA) is 71.5 Å². The molecule has 4 rings (SSSR count). The fourth-order valence-electron chi connectivity index (χ4n) is 4.42. The molecule has 1 aliphatic heterocycles. The number of carbonyl (C=O) groups is 2. The molecule has 2 amide bonds. The Morgan fingerprint density at radius 1 is 1.19 bits per heavy atom. The molecule has 0 fully saturated rings. The van der Waals surface area contributed by atoms with Gasteiger partial charge in [-0.15, -0.1) is 11.3 Å². The number of nitrogens with zero attached hydrogens (tertiary/aromatic N) is 2. The molecule has 3 aromatic rings. The number of thiazole rings is 1. The van der Waals surface area contributed by atoms with Gasteiger partial charge in [-0.05, 0) is 67.1 Å². The van der Waals surface area contributed by atoms with Gasteiger partial charge in [0, 0.05) is 24.4 Å². The van der Waals surface area contributed by atoms with Crippen LogP contribution < -0.4 is 10.1 Å². The summed E-state index contributed by atoms with van der Waals surface area (Å²) < 4.78 is 20.2. The third-order valence-corrected chi connectivity index (χ3v) is 6.80. The normalized spacial score (nSPS) is 15.2. The summed E-state index contributed by atoms with van der Waals surface area (Å²) in [6, 6.07) is 12.0. The molecule has 36 heavy (non-hydrogen) atoms. The van der Waals surface area contributed by atoms with Gasteiger partial charge in [0.1, 0.15) is 28.9 Å². The predicted molar refractivity (Wildman–Crippen MR) is 139 cm³/mol. The van der Waals surface area contributed by atoms with Gasteiger partial charge in [0.15, 0.2) is 0 Å². The first-order valence-electron chi connectivity index (χ1n) is 12.3. The molecule has 1 atom stereocenters. The van der Waals surface area contributed by atoms with Crippen LogP contribution in [0.25, 0.3) is 0 Å². The summed E-state index contributed by atoms with van der Waals surface area (Å²) >= 11 is 1.37. The van der Waals surface area contributed by atoms with E-state index < -0.39 is 0 Å². The molecule has 0 radical (unpaired) electrons. The molecule has 1 aliphatic rings. The van der Waals surface area contributed by atoms with E-state index in [4.69, 9.17) is 4.74 Å². The van der Waals surface area contributed by atoms with Gasteiger partial charge in [-0.3, -0.25) is 9.59 Å². The van der Waals surface area contributed by atoms with Gasteiger partial charge >= 0.3 is 0 Å². The molecule has 6 nitrogen and oxygen atoms in total. The maximum absolute atomic E-state index is 14.2. The fourth-order valence-corrected chi connectivity index (χ4v) is 5.10. The van der Waals surface area contributed by atoms with E-state index in [-0.39, 0.29) is 42.2 Å². The molecule has 8 heteroatoms. The van der Waals surface area contributed by atoms with Crippen molar-refractivity contribution in [3.05, 3.63) is 81.1 Å². The largest absolute Gasteiger partial charge is 0.486 e. The summed E-state index contributed by atoms with van der Waals surface area (Å²) in [5.74, 6) is 0.394. The lowest BCUT2D eigenvalue weighted by molar-refractivity contribution is -0.134. The van der Waals surface area contributed by atoms with Crippen LogP contribution in [0, 0.1) is 11.7 Å². The Hall–Kier alpha value is -3.26. The molecule has 1 unspecified atom stereocenters. The molecule has 1 N–H and O–H groups in total. The third-order valence-electron chi connectivity index (χ3n) is 5.98. The highest BCUT2D eigenvalue weighted by Crippen LogP contribution is 2.38. The Morgan fingerprint density at radius 3 is 2.72 bits per heavy atom. The van der Waals surface area contributed by atoms with E-state index in [1.54, 1.807) is 11.4 Å². The SMILES string of the molecule is CC(C)CC(=O)N1CCc2ccc(OCc3nc(C(=O)NC(C)C)cs3)cc2C1c1cccc(F)c1. The number of halogens is 1. The molecule has 0 saturated carbocycles. The molecule has 190 valence electrons. The second kappa shape index (κ2) is 11.2. The zero-order valence-electron chi connectivity index (χ0n) is 21.1. The van der Waals surface area contributed by atoms with Crippen LogP contribution in [0.4, 0.5) is 4.39 Å². The first-order chi connectivity index (χ1) is 17.2. The van der Waals surface area contributed by atoms with Crippen molar-refractivity contribution in [2.75, 3.05) is 6.54 Å². The molecule has 0 spiro atoms. The number of carbonyl (C=O) groups excluding carboxylic acids is 2. The number of benzene rings is 2. The quantitative estimate of drug-likeness (QED) is 0.434. The summed E-state index contributed by atoms with van der Waals surface area (Å²) in [6.07, 6.45) is 1.17. The highest BCUT2D eigenvalue weighted by Gasteiger charge is 2.32. The lowest BCUT2D eigenvalue weighted by atomic mass is 9.87. The molecule has 0 saturated heterocycles. The molecular formula is C28H32FN3O3S. The van der Waals surface area contributed by atoms with E-state index in [0.29, 0.717) is 29.4 Å². The molecule has 2 heterocycles. The zero-order chi connectivity index (χ0) is 25.8. The highest BCUT2D eigenvalue weighted by molar-refractivity contribution is 7.09. The van der Waals surface area contributed by atoms with E-state index in [1.165, 1.54) is 23.5 Å². The van der Waals surface area contributed by atoms with Crippen LogP contribution in [-0.4, -0.2) is 34.3 Å². The van der Waals surface area contributed by atoms with Crippen molar-refractivity contribution in [1.29, 1.82) is 0 Å². The summed E-state index contributed by atoms with van der Waals surface area (Å²) in [5, 5.41) is 5.25. The monoisotopic (exact) mass is 509 g/mol. The minimum Gasteiger partial charge on any atom is -0.486 e. The minimum absolute atomic E-state index is 0.0346. The van der Waals surface area contributed by atoms with Crippen molar-refractivity contribution >= 4 is 23.2 Å². The lowest BCUT2D eigenvalue weighted by Crippen LogP contribution is -2.41. The van der Waals surface area contributed by atoms with Crippen molar-refractivity contribution < 1.29 is 18.7 Å². The Balaban J connectivity index is 1.58.